The van der Waals surface area contributed by atoms with Gasteiger partial charge in [-0.05, 0) is 31.2 Å². The molecule has 1 aliphatic carbocycles. The lowest BCUT2D eigenvalue weighted by Crippen LogP contribution is -2.62. The molecule has 1 aliphatic heterocycles. The maximum Gasteiger partial charge on any atom is 0.227 e. The Hall–Kier alpha value is -0.910. The summed E-state index contributed by atoms with van der Waals surface area (Å²) in [5.74, 6) is 0.203. The average Bonchev–Trinajstić information content (AvgIpc) is 3.00. The van der Waals surface area contributed by atoms with Crippen LogP contribution in [-0.4, -0.2) is 47.8 Å². The van der Waals surface area contributed by atoms with Gasteiger partial charge in [0.05, 0.1) is 18.6 Å². The number of hydrogen-bond acceptors (Lipinski definition) is 4. The Morgan fingerprint density at radius 3 is 2.86 bits per heavy atom. The van der Waals surface area contributed by atoms with Gasteiger partial charge in [0.25, 0.3) is 0 Å². The van der Waals surface area contributed by atoms with Crippen molar-refractivity contribution in [1.82, 2.24) is 4.90 Å². The van der Waals surface area contributed by atoms with E-state index in [2.05, 4.69) is 0 Å². The molecule has 4 nitrogen and oxygen atoms in total. The topological polar surface area (TPSA) is 49.8 Å². The van der Waals surface area contributed by atoms with E-state index in [9.17, 15) is 9.90 Å². The number of likely N-dealkylation sites (tertiary alicyclic amines) is 1. The standard InChI is InChI=1S/C16H23NO3S/c1-2-20-14-11-13(18)16(14)5-7-17(8-6-16)15(19)10-12-4-3-9-21-12/h3-4,9,13-14,18H,2,5-8,10-11H2,1H3/t13-,14+/m1/s1. The number of aliphatic hydroxyl groups excluding tert-OH is 1. The summed E-state index contributed by atoms with van der Waals surface area (Å²) in [6, 6.07) is 3.99. The molecular weight excluding hydrogens is 286 g/mol. The molecule has 5 heteroatoms. The summed E-state index contributed by atoms with van der Waals surface area (Å²) < 4.78 is 5.76. The fourth-order valence-corrected chi connectivity index (χ4v) is 4.36. The van der Waals surface area contributed by atoms with Crippen molar-refractivity contribution in [2.45, 2.75) is 44.8 Å². The number of carbonyl (C=O) groups is 1. The van der Waals surface area contributed by atoms with Crippen LogP contribution in [-0.2, 0) is 16.0 Å². The normalized spacial score (nSPS) is 27.6. The quantitative estimate of drug-likeness (QED) is 0.926. The van der Waals surface area contributed by atoms with Crippen molar-refractivity contribution in [1.29, 1.82) is 0 Å². The number of hydrogen-bond donors (Lipinski definition) is 1. The van der Waals surface area contributed by atoms with E-state index in [1.807, 2.05) is 29.3 Å². The maximum absolute atomic E-state index is 12.3. The van der Waals surface area contributed by atoms with Crippen LogP contribution in [0.2, 0.25) is 0 Å². The van der Waals surface area contributed by atoms with Gasteiger partial charge in [0.15, 0.2) is 0 Å². The lowest BCUT2D eigenvalue weighted by molar-refractivity contribution is -0.210. The Kier molecular flexibility index (Phi) is 4.33. The first kappa shape index (κ1) is 15.0. The first-order chi connectivity index (χ1) is 10.2. The molecule has 1 N–H and O–H groups in total. The number of aliphatic hydroxyl groups is 1. The zero-order valence-corrected chi connectivity index (χ0v) is 13.3. The summed E-state index contributed by atoms with van der Waals surface area (Å²) in [5.41, 5.74) is -0.101. The van der Waals surface area contributed by atoms with E-state index in [4.69, 9.17) is 4.74 Å². The number of thiophene rings is 1. The van der Waals surface area contributed by atoms with Crippen LogP contribution in [0.1, 0.15) is 31.1 Å². The molecule has 116 valence electrons. The van der Waals surface area contributed by atoms with Crippen LogP contribution in [0.4, 0.5) is 0 Å². The van der Waals surface area contributed by atoms with E-state index in [1.54, 1.807) is 11.3 Å². The third-order valence-corrected chi connectivity index (χ3v) is 5.94. The second-order valence-corrected chi connectivity index (χ2v) is 7.10. The molecule has 2 atom stereocenters. The molecule has 0 aromatic carbocycles. The molecule has 2 fully saturated rings. The van der Waals surface area contributed by atoms with Gasteiger partial charge >= 0.3 is 0 Å². The van der Waals surface area contributed by atoms with Gasteiger partial charge in [0.2, 0.25) is 5.91 Å². The summed E-state index contributed by atoms with van der Waals surface area (Å²) >= 11 is 1.63. The van der Waals surface area contributed by atoms with E-state index >= 15 is 0 Å². The van der Waals surface area contributed by atoms with Gasteiger partial charge in [-0.1, -0.05) is 6.07 Å². The summed E-state index contributed by atoms with van der Waals surface area (Å²) in [6.45, 7) is 4.17. The van der Waals surface area contributed by atoms with Crippen molar-refractivity contribution >= 4 is 17.2 Å². The fraction of sp³-hybridized carbons (Fsp3) is 0.688. The van der Waals surface area contributed by atoms with Crippen molar-refractivity contribution in [3.63, 3.8) is 0 Å². The van der Waals surface area contributed by atoms with Gasteiger partial charge in [-0.2, -0.15) is 0 Å². The highest BCUT2D eigenvalue weighted by Crippen LogP contribution is 2.50. The zero-order chi connectivity index (χ0) is 14.9. The average molecular weight is 309 g/mol. The van der Waals surface area contributed by atoms with Gasteiger partial charge < -0.3 is 14.7 Å². The number of nitrogens with zero attached hydrogens (tertiary/aromatic N) is 1. The lowest BCUT2D eigenvalue weighted by Gasteiger charge is -2.56. The fourth-order valence-electron chi connectivity index (χ4n) is 3.66. The van der Waals surface area contributed by atoms with Crippen molar-refractivity contribution in [2.75, 3.05) is 19.7 Å². The summed E-state index contributed by atoms with van der Waals surface area (Å²) in [6.07, 6.45) is 2.87. The van der Waals surface area contributed by atoms with Crippen LogP contribution < -0.4 is 0 Å². The van der Waals surface area contributed by atoms with Gasteiger partial charge in [0, 0.05) is 36.4 Å². The molecule has 3 rings (SSSR count). The third kappa shape index (κ3) is 2.74. The molecule has 1 saturated heterocycles. The van der Waals surface area contributed by atoms with Crippen LogP contribution in [0.25, 0.3) is 0 Å². The molecule has 2 heterocycles. The molecule has 1 aromatic heterocycles. The Balaban J connectivity index is 1.56. The highest BCUT2D eigenvalue weighted by atomic mass is 32.1. The van der Waals surface area contributed by atoms with Crippen molar-refractivity contribution in [3.05, 3.63) is 22.4 Å². The second kappa shape index (κ2) is 6.07. The molecule has 0 unspecified atom stereocenters. The first-order valence-electron chi connectivity index (χ1n) is 7.75. The van der Waals surface area contributed by atoms with E-state index < -0.39 is 0 Å². The van der Waals surface area contributed by atoms with Gasteiger partial charge in [-0.3, -0.25) is 4.79 Å². The van der Waals surface area contributed by atoms with E-state index in [0.29, 0.717) is 13.0 Å². The molecule has 1 saturated carbocycles. The second-order valence-electron chi connectivity index (χ2n) is 6.07. The highest BCUT2D eigenvalue weighted by molar-refractivity contribution is 7.10. The number of piperidine rings is 1. The minimum atomic E-state index is -0.261. The number of rotatable bonds is 4. The highest BCUT2D eigenvalue weighted by Gasteiger charge is 2.56. The third-order valence-electron chi connectivity index (χ3n) is 5.06. The van der Waals surface area contributed by atoms with Crippen molar-refractivity contribution in [2.24, 2.45) is 5.41 Å². The summed E-state index contributed by atoms with van der Waals surface area (Å²) in [7, 11) is 0. The van der Waals surface area contributed by atoms with Crippen LogP contribution in [0.15, 0.2) is 17.5 Å². The Morgan fingerprint density at radius 1 is 1.52 bits per heavy atom. The van der Waals surface area contributed by atoms with Gasteiger partial charge in [-0.15, -0.1) is 11.3 Å². The monoisotopic (exact) mass is 309 g/mol. The number of amides is 1. The van der Waals surface area contributed by atoms with Crippen LogP contribution in [0.5, 0.6) is 0 Å². The predicted octanol–water partition coefficient (Wildman–Crippen LogP) is 2.07. The molecular formula is C16H23NO3S. The molecule has 1 aromatic rings. The molecule has 2 aliphatic rings. The summed E-state index contributed by atoms with van der Waals surface area (Å²) in [4.78, 5) is 15.4. The van der Waals surface area contributed by atoms with Crippen molar-refractivity contribution < 1.29 is 14.6 Å². The largest absolute Gasteiger partial charge is 0.392 e. The van der Waals surface area contributed by atoms with E-state index in [0.717, 1.165) is 37.2 Å². The SMILES string of the molecule is CCO[C@H]1C[C@@H](O)C12CCN(C(=O)Cc1cccs1)CC2. The predicted molar refractivity (Wildman–Crippen MR) is 82.3 cm³/mol. The Bertz CT molecular complexity index is 478. The van der Waals surface area contributed by atoms with E-state index in [-0.39, 0.29) is 23.5 Å². The smallest absolute Gasteiger partial charge is 0.227 e. The Labute approximate surface area is 129 Å². The molecule has 1 amide bonds. The molecule has 1 spiro atoms. The maximum atomic E-state index is 12.3. The van der Waals surface area contributed by atoms with Crippen LogP contribution in [0, 0.1) is 5.41 Å². The minimum Gasteiger partial charge on any atom is -0.392 e. The van der Waals surface area contributed by atoms with E-state index in [1.165, 1.54) is 0 Å². The number of carbonyl (C=O) groups excluding carboxylic acids is 1. The molecule has 0 bridgehead atoms. The van der Waals surface area contributed by atoms with Gasteiger partial charge in [-0.25, -0.2) is 0 Å². The van der Waals surface area contributed by atoms with Crippen molar-refractivity contribution in [3.8, 4) is 0 Å². The molecule has 0 radical (unpaired) electrons. The summed E-state index contributed by atoms with van der Waals surface area (Å²) in [5, 5.41) is 12.2. The lowest BCUT2D eigenvalue weighted by atomic mass is 9.58. The Morgan fingerprint density at radius 2 is 2.29 bits per heavy atom. The van der Waals surface area contributed by atoms with Gasteiger partial charge in [0.1, 0.15) is 0 Å². The first-order valence-corrected chi connectivity index (χ1v) is 8.63. The zero-order valence-electron chi connectivity index (χ0n) is 12.5. The number of ether oxygens (including phenoxy) is 1. The van der Waals surface area contributed by atoms with Crippen LogP contribution in [0.3, 0.4) is 0 Å². The molecule has 21 heavy (non-hydrogen) atoms. The minimum absolute atomic E-state index is 0.101. The van der Waals surface area contributed by atoms with Crippen LogP contribution >= 0.6 is 11.3 Å².